The zero-order chi connectivity index (χ0) is 29.8. The number of nitrogens with one attached hydrogen (secondary N) is 2. The first-order chi connectivity index (χ1) is 19.5. The Labute approximate surface area is 241 Å². The van der Waals surface area contributed by atoms with Crippen LogP contribution < -0.4 is 20.4 Å². The van der Waals surface area contributed by atoms with Crippen molar-refractivity contribution in [3.05, 3.63) is 71.3 Å². The summed E-state index contributed by atoms with van der Waals surface area (Å²) in [6.07, 6.45) is 1.31. The Balaban J connectivity index is 1.99. The van der Waals surface area contributed by atoms with Crippen LogP contribution in [0.1, 0.15) is 37.0 Å². The molecule has 2 N–H and O–H groups in total. The average Bonchev–Trinajstić information content (AvgIpc) is 3.42. The van der Waals surface area contributed by atoms with Gasteiger partial charge in [0.25, 0.3) is 0 Å². The topological polar surface area (TPSA) is 76.6 Å². The Morgan fingerprint density at radius 2 is 1.90 bits per heavy atom. The molecule has 1 unspecified atom stereocenters. The smallest absolute Gasteiger partial charge is 0.227 e. The van der Waals surface area contributed by atoms with Crippen molar-refractivity contribution in [1.29, 1.82) is 0 Å². The van der Waals surface area contributed by atoms with Gasteiger partial charge in [-0.3, -0.25) is 9.69 Å². The summed E-state index contributed by atoms with van der Waals surface area (Å²) in [6, 6.07) is 9.99. The molecule has 1 aromatic heterocycles. The van der Waals surface area contributed by atoms with Crippen LogP contribution in [-0.2, 0) is 11.3 Å². The zero-order valence-electron chi connectivity index (χ0n) is 24.6. The van der Waals surface area contributed by atoms with E-state index >= 15 is 8.78 Å². The van der Waals surface area contributed by atoms with Gasteiger partial charge in [0.1, 0.15) is 17.3 Å². The third-order valence-corrected chi connectivity index (χ3v) is 7.32. The van der Waals surface area contributed by atoms with E-state index in [0.717, 1.165) is 45.8 Å². The molecule has 0 aliphatic carbocycles. The second kappa shape index (κ2) is 12.7. The van der Waals surface area contributed by atoms with Gasteiger partial charge in [-0.1, -0.05) is 24.8 Å². The number of nitrogens with zero attached hydrogens (tertiary/aromatic N) is 5. The average molecular weight is 564 g/mol. The number of aryl methyl sites for hydroxylation is 1. The van der Waals surface area contributed by atoms with Crippen LogP contribution in [0.5, 0.6) is 0 Å². The van der Waals surface area contributed by atoms with E-state index in [-0.39, 0.29) is 18.4 Å². The first kappa shape index (κ1) is 30.1. The van der Waals surface area contributed by atoms with E-state index in [4.69, 9.17) is 9.97 Å². The summed E-state index contributed by atoms with van der Waals surface area (Å²) >= 11 is 0. The maximum absolute atomic E-state index is 15.0. The van der Waals surface area contributed by atoms with Gasteiger partial charge in [-0.15, -0.1) is 0 Å². The van der Waals surface area contributed by atoms with Crippen molar-refractivity contribution in [1.82, 2.24) is 25.5 Å². The first-order valence-corrected chi connectivity index (χ1v) is 13.8. The lowest BCUT2D eigenvalue weighted by Gasteiger charge is -2.26. The van der Waals surface area contributed by atoms with Crippen molar-refractivity contribution in [3.63, 3.8) is 0 Å². The predicted octanol–water partition coefficient (Wildman–Crippen LogP) is 4.85. The fraction of sp³-hybridized carbons (Fsp3) is 0.387. The summed E-state index contributed by atoms with van der Waals surface area (Å²) in [4.78, 5) is 27.6. The molecule has 2 aromatic carbocycles. The van der Waals surface area contributed by atoms with Gasteiger partial charge >= 0.3 is 0 Å². The van der Waals surface area contributed by atoms with E-state index in [1.54, 1.807) is 7.05 Å². The summed E-state index contributed by atoms with van der Waals surface area (Å²) in [7, 11) is 5.82. The monoisotopic (exact) mass is 563 g/mol. The van der Waals surface area contributed by atoms with E-state index in [0.29, 0.717) is 42.7 Å². The van der Waals surface area contributed by atoms with Crippen LogP contribution in [0.3, 0.4) is 0 Å². The van der Waals surface area contributed by atoms with Crippen LogP contribution in [-0.4, -0.2) is 67.6 Å². The standard InChI is InChI=1S/C31H39F2N7O/c1-19(2)35-21(4)22-12-11-20(3)24(15-22)28-25(16-34-5)30(40(18-41)29-26(32)9-8-10-27(29)33)37-31(36-28)39-14-13-23(17-39)38(6)7/h8-12,15,18-19,23,34-35H,4,13-14,16-17H2,1-3,5-7H3. The molecule has 3 aromatic rings. The lowest BCUT2D eigenvalue weighted by Crippen LogP contribution is -2.32. The lowest BCUT2D eigenvalue weighted by molar-refractivity contribution is -0.106. The van der Waals surface area contributed by atoms with Crippen molar-refractivity contribution in [2.45, 2.75) is 45.8 Å². The number of likely N-dealkylation sites (N-methyl/N-ethyl adjacent to an activating group) is 1. The van der Waals surface area contributed by atoms with Crippen molar-refractivity contribution < 1.29 is 13.6 Å². The van der Waals surface area contributed by atoms with E-state index in [9.17, 15) is 4.79 Å². The second-order valence-electron chi connectivity index (χ2n) is 10.9. The highest BCUT2D eigenvalue weighted by Crippen LogP contribution is 2.38. The number of rotatable bonds is 11. The molecule has 10 heteroatoms. The first-order valence-electron chi connectivity index (χ1n) is 13.8. The van der Waals surface area contributed by atoms with Crippen molar-refractivity contribution in [2.75, 3.05) is 44.0 Å². The Kier molecular flexibility index (Phi) is 9.35. The summed E-state index contributed by atoms with van der Waals surface area (Å²) in [5.41, 5.74) is 4.04. The molecule has 0 spiro atoms. The zero-order valence-corrected chi connectivity index (χ0v) is 24.6. The summed E-state index contributed by atoms with van der Waals surface area (Å²) in [6.45, 7) is 11.9. The third kappa shape index (κ3) is 6.39. The molecule has 1 atom stereocenters. The summed E-state index contributed by atoms with van der Waals surface area (Å²) in [5.74, 6) is -1.21. The number of hydrogen-bond donors (Lipinski definition) is 2. The largest absolute Gasteiger partial charge is 0.383 e. The van der Waals surface area contributed by atoms with Crippen LogP contribution >= 0.6 is 0 Å². The summed E-state index contributed by atoms with van der Waals surface area (Å²) < 4.78 is 30.1. The van der Waals surface area contributed by atoms with Gasteiger partial charge in [0.15, 0.2) is 5.82 Å². The number of anilines is 3. The molecule has 8 nitrogen and oxygen atoms in total. The fourth-order valence-corrected chi connectivity index (χ4v) is 5.13. The van der Waals surface area contributed by atoms with Gasteiger partial charge < -0.3 is 20.4 Å². The minimum Gasteiger partial charge on any atom is -0.383 e. The van der Waals surface area contributed by atoms with Crippen LogP contribution in [0.4, 0.5) is 26.2 Å². The maximum atomic E-state index is 15.0. The second-order valence-corrected chi connectivity index (χ2v) is 10.9. The molecule has 4 rings (SSSR count). The number of carbonyl (C=O) groups excluding carboxylic acids is 1. The quantitative estimate of drug-likeness (QED) is 0.323. The number of carbonyl (C=O) groups is 1. The van der Waals surface area contributed by atoms with Crippen LogP contribution in [0.25, 0.3) is 17.0 Å². The number of hydrogen-bond acceptors (Lipinski definition) is 7. The third-order valence-electron chi connectivity index (χ3n) is 7.32. The van der Waals surface area contributed by atoms with E-state index in [1.807, 2.05) is 53.1 Å². The van der Waals surface area contributed by atoms with Crippen LogP contribution in [0.2, 0.25) is 0 Å². The summed E-state index contributed by atoms with van der Waals surface area (Å²) in [5, 5.41) is 6.48. The van der Waals surface area contributed by atoms with E-state index in [1.165, 1.54) is 6.07 Å². The van der Waals surface area contributed by atoms with Gasteiger partial charge in [-0.25, -0.2) is 13.8 Å². The minimum atomic E-state index is -0.864. The highest BCUT2D eigenvalue weighted by Gasteiger charge is 2.30. The van der Waals surface area contributed by atoms with Gasteiger partial charge in [-0.2, -0.15) is 4.98 Å². The predicted molar refractivity (Wildman–Crippen MR) is 161 cm³/mol. The normalized spacial score (nSPS) is 15.1. The van der Waals surface area contributed by atoms with Gasteiger partial charge in [0.2, 0.25) is 12.4 Å². The molecule has 1 aliphatic rings. The fourth-order valence-electron chi connectivity index (χ4n) is 5.13. The molecule has 1 fully saturated rings. The number of benzene rings is 2. The Bertz CT molecular complexity index is 1410. The molecule has 1 saturated heterocycles. The molecule has 0 radical (unpaired) electrons. The highest BCUT2D eigenvalue weighted by atomic mass is 19.1. The van der Waals surface area contributed by atoms with E-state index < -0.39 is 17.3 Å². The molecule has 0 bridgehead atoms. The van der Waals surface area contributed by atoms with E-state index in [2.05, 4.69) is 27.0 Å². The van der Waals surface area contributed by atoms with Gasteiger partial charge in [-0.05, 0) is 77.7 Å². The number of halogens is 2. The Morgan fingerprint density at radius 1 is 1.20 bits per heavy atom. The Morgan fingerprint density at radius 3 is 2.49 bits per heavy atom. The van der Waals surface area contributed by atoms with Crippen molar-refractivity contribution in [2.24, 2.45) is 0 Å². The number of aromatic nitrogens is 2. The molecular formula is C31H39F2N7O. The van der Waals surface area contributed by atoms with Crippen molar-refractivity contribution in [3.8, 4) is 11.3 Å². The molecular weight excluding hydrogens is 524 g/mol. The van der Waals surface area contributed by atoms with Gasteiger partial charge in [0.05, 0.1) is 5.69 Å². The van der Waals surface area contributed by atoms with Crippen molar-refractivity contribution >= 4 is 29.6 Å². The highest BCUT2D eigenvalue weighted by molar-refractivity contribution is 5.89. The number of amides is 1. The lowest BCUT2D eigenvalue weighted by atomic mass is 9.97. The minimum absolute atomic E-state index is 0.121. The molecule has 1 aliphatic heterocycles. The van der Waals surface area contributed by atoms with Crippen LogP contribution in [0, 0.1) is 18.6 Å². The molecule has 41 heavy (non-hydrogen) atoms. The SMILES string of the molecule is C=C(NC(C)C)c1ccc(C)c(-c2nc(N3CCC(N(C)C)C3)nc(N(C=O)c3c(F)cccc3F)c2CNC)c1. The molecule has 0 saturated carbocycles. The molecule has 1 amide bonds. The van der Waals surface area contributed by atoms with Gasteiger partial charge in [0, 0.05) is 48.5 Å². The van der Waals surface area contributed by atoms with Crippen LogP contribution in [0.15, 0.2) is 43.0 Å². The molecule has 218 valence electrons. The maximum Gasteiger partial charge on any atom is 0.227 e. The Hall–Kier alpha value is -3.89. The molecule has 2 heterocycles. The number of para-hydroxylation sites is 1.